The van der Waals surface area contributed by atoms with Crippen LogP contribution in [0.3, 0.4) is 0 Å². The van der Waals surface area contributed by atoms with Crippen molar-refractivity contribution in [3.63, 3.8) is 0 Å². The Labute approximate surface area is 103 Å². The summed E-state index contributed by atoms with van der Waals surface area (Å²) in [5, 5.41) is 8.84. The van der Waals surface area contributed by atoms with Crippen molar-refractivity contribution < 1.29 is 0 Å². The third-order valence-corrected chi connectivity index (χ3v) is 3.57. The first-order chi connectivity index (χ1) is 8.26. The third kappa shape index (κ3) is 2.36. The quantitative estimate of drug-likeness (QED) is 0.811. The fourth-order valence-corrected chi connectivity index (χ4v) is 2.73. The topological polar surface area (TPSA) is 53.0 Å². The van der Waals surface area contributed by atoms with Crippen LogP contribution >= 0.6 is 0 Å². The van der Waals surface area contributed by atoms with Crippen molar-refractivity contribution in [1.82, 2.24) is 0 Å². The lowest BCUT2D eigenvalue weighted by molar-refractivity contribution is 0.620. The van der Waals surface area contributed by atoms with Crippen molar-refractivity contribution in [2.24, 2.45) is 0 Å². The maximum absolute atomic E-state index is 8.84. The van der Waals surface area contributed by atoms with Gasteiger partial charge in [-0.2, -0.15) is 5.26 Å². The van der Waals surface area contributed by atoms with Gasteiger partial charge in [0.15, 0.2) is 0 Å². The first kappa shape index (κ1) is 11.8. The molecular weight excluding hydrogens is 210 g/mol. The zero-order chi connectivity index (χ0) is 12.3. The van der Waals surface area contributed by atoms with Gasteiger partial charge in [-0.3, -0.25) is 0 Å². The van der Waals surface area contributed by atoms with Crippen LogP contribution in [0.15, 0.2) is 18.2 Å². The summed E-state index contributed by atoms with van der Waals surface area (Å²) in [6.07, 6.45) is 5.15. The van der Waals surface area contributed by atoms with Gasteiger partial charge in [0.05, 0.1) is 23.0 Å². The van der Waals surface area contributed by atoms with Crippen molar-refractivity contribution in [3.8, 4) is 6.07 Å². The number of nitrogens with zero attached hydrogens (tertiary/aromatic N) is 2. The van der Waals surface area contributed by atoms with E-state index in [0.717, 1.165) is 17.9 Å². The number of anilines is 2. The molecule has 2 rings (SSSR count). The molecule has 0 amide bonds. The van der Waals surface area contributed by atoms with Crippen LogP contribution in [0.1, 0.15) is 38.2 Å². The van der Waals surface area contributed by atoms with Crippen molar-refractivity contribution in [2.45, 2.75) is 38.6 Å². The second-order valence-electron chi connectivity index (χ2n) is 4.61. The molecule has 1 aliphatic rings. The fraction of sp³-hybridized carbons (Fsp3) is 0.500. The van der Waals surface area contributed by atoms with Gasteiger partial charge in [0.1, 0.15) is 0 Å². The molecule has 0 unspecified atom stereocenters. The fourth-order valence-electron chi connectivity index (χ4n) is 2.73. The summed E-state index contributed by atoms with van der Waals surface area (Å²) in [6, 6.07) is 8.35. The number of nitrogen functional groups attached to an aromatic ring is 1. The van der Waals surface area contributed by atoms with Crippen LogP contribution in [0.5, 0.6) is 0 Å². The lowest BCUT2D eigenvalue weighted by atomic mass is 10.1. The minimum atomic E-state index is 0.621. The van der Waals surface area contributed by atoms with E-state index in [4.69, 9.17) is 11.0 Å². The minimum absolute atomic E-state index is 0.621. The van der Waals surface area contributed by atoms with Crippen LogP contribution in [0.2, 0.25) is 0 Å². The molecule has 3 nitrogen and oxygen atoms in total. The highest BCUT2D eigenvalue weighted by Crippen LogP contribution is 2.31. The van der Waals surface area contributed by atoms with Crippen LogP contribution in [-0.2, 0) is 0 Å². The molecule has 0 atom stereocenters. The van der Waals surface area contributed by atoms with Gasteiger partial charge in [0.2, 0.25) is 0 Å². The van der Waals surface area contributed by atoms with Gasteiger partial charge in [-0.1, -0.05) is 12.8 Å². The molecule has 0 aliphatic heterocycles. The number of benzene rings is 1. The maximum atomic E-state index is 8.84. The van der Waals surface area contributed by atoms with E-state index in [1.807, 2.05) is 12.1 Å². The SMILES string of the molecule is CCN(c1ccc(C#N)cc1N)C1CCCC1. The molecule has 0 radical (unpaired) electrons. The van der Waals surface area contributed by atoms with Crippen LogP contribution in [0, 0.1) is 11.3 Å². The summed E-state index contributed by atoms with van der Waals surface area (Å²) in [7, 11) is 0. The molecule has 1 aliphatic carbocycles. The highest BCUT2D eigenvalue weighted by molar-refractivity contribution is 5.70. The van der Waals surface area contributed by atoms with E-state index < -0.39 is 0 Å². The van der Waals surface area contributed by atoms with E-state index >= 15 is 0 Å². The smallest absolute Gasteiger partial charge is 0.0992 e. The lowest BCUT2D eigenvalue weighted by Gasteiger charge is -2.31. The summed E-state index contributed by atoms with van der Waals surface area (Å²) in [6.45, 7) is 3.14. The zero-order valence-electron chi connectivity index (χ0n) is 10.3. The Morgan fingerprint density at radius 3 is 2.65 bits per heavy atom. The Morgan fingerprint density at radius 1 is 1.41 bits per heavy atom. The second-order valence-corrected chi connectivity index (χ2v) is 4.61. The minimum Gasteiger partial charge on any atom is -0.397 e. The molecule has 0 spiro atoms. The molecule has 1 fully saturated rings. The Morgan fingerprint density at radius 2 is 2.12 bits per heavy atom. The summed E-state index contributed by atoms with van der Waals surface area (Å²) >= 11 is 0. The molecule has 17 heavy (non-hydrogen) atoms. The molecule has 0 aromatic heterocycles. The normalized spacial score (nSPS) is 15.8. The first-order valence-corrected chi connectivity index (χ1v) is 6.32. The average molecular weight is 229 g/mol. The van der Waals surface area contributed by atoms with Gasteiger partial charge in [-0.15, -0.1) is 0 Å². The maximum Gasteiger partial charge on any atom is 0.0992 e. The number of nitrogens with two attached hydrogens (primary N) is 1. The first-order valence-electron chi connectivity index (χ1n) is 6.32. The predicted molar refractivity (Wildman–Crippen MR) is 70.8 cm³/mol. The number of hydrogen-bond acceptors (Lipinski definition) is 3. The van der Waals surface area contributed by atoms with Crippen molar-refractivity contribution >= 4 is 11.4 Å². The molecule has 2 N–H and O–H groups in total. The predicted octanol–water partition coefficient (Wildman–Crippen LogP) is 2.91. The average Bonchev–Trinajstić information content (AvgIpc) is 2.85. The van der Waals surface area contributed by atoms with E-state index in [2.05, 4.69) is 17.9 Å². The summed E-state index contributed by atoms with van der Waals surface area (Å²) in [4.78, 5) is 2.38. The van der Waals surface area contributed by atoms with Crippen LogP contribution in [0.25, 0.3) is 0 Å². The highest BCUT2D eigenvalue weighted by atomic mass is 15.2. The molecule has 0 bridgehead atoms. The summed E-state index contributed by atoms with van der Waals surface area (Å²) in [5.74, 6) is 0. The standard InChI is InChI=1S/C14H19N3/c1-2-17(12-5-3-4-6-12)14-8-7-11(10-15)9-13(14)16/h7-9,12H,2-6,16H2,1H3. The summed E-state index contributed by atoms with van der Waals surface area (Å²) in [5.41, 5.74) is 8.48. The zero-order valence-corrected chi connectivity index (χ0v) is 10.3. The van der Waals surface area contributed by atoms with Crippen molar-refractivity contribution in [3.05, 3.63) is 23.8 Å². The molecule has 0 heterocycles. The van der Waals surface area contributed by atoms with Crippen LogP contribution in [-0.4, -0.2) is 12.6 Å². The lowest BCUT2D eigenvalue weighted by Crippen LogP contribution is -2.33. The molecule has 1 aromatic carbocycles. The molecule has 90 valence electrons. The Hall–Kier alpha value is -1.69. The highest BCUT2D eigenvalue weighted by Gasteiger charge is 2.22. The third-order valence-electron chi connectivity index (χ3n) is 3.57. The van der Waals surface area contributed by atoms with Crippen LogP contribution < -0.4 is 10.6 Å². The van der Waals surface area contributed by atoms with E-state index in [-0.39, 0.29) is 0 Å². The number of rotatable bonds is 3. The van der Waals surface area contributed by atoms with E-state index in [1.165, 1.54) is 25.7 Å². The Kier molecular flexibility index (Phi) is 3.53. The molecule has 0 saturated heterocycles. The van der Waals surface area contributed by atoms with E-state index in [0.29, 0.717) is 11.6 Å². The Bertz CT molecular complexity index is 428. The van der Waals surface area contributed by atoms with Crippen molar-refractivity contribution in [1.29, 1.82) is 5.26 Å². The van der Waals surface area contributed by atoms with Gasteiger partial charge in [0.25, 0.3) is 0 Å². The molecule has 1 saturated carbocycles. The van der Waals surface area contributed by atoms with Gasteiger partial charge >= 0.3 is 0 Å². The molecular formula is C14H19N3. The van der Waals surface area contributed by atoms with Gasteiger partial charge < -0.3 is 10.6 Å². The van der Waals surface area contributed by atoms with Gasteiger partial charge in [0, 0.05) is 12.6 Å². The Balaban J connectivity index is 2.27. The van der Waals surface area contributed by atoms with Gasteiger partial charge in [-0.25, -0.2) is 0 Å². The summed E-state index contributed by atoms with van der Waals surface area (Å²) < 4.78 is 0. The van der Waals surface area contributed by atoms with E-state index in [9.17, 15) is 0 Å². The van der Waals surface area contributed by atoms with E-state index in [1.54, 1.807) is 6.07 Å². The number of nitriles is 1. The largest absolute Gasteiger partial charge is 0.397 e. The second kappa shape index (κ2) is 5.09. The molecule has 1 aromatic rings. The number of hydrogen-bond donors (Lipinski definition) is 1. The van der Waals surface area contributed by atoms with Gasteiger partial charge in [-0.05, 0) is 38.0 Å². The van der Waals surface area contributed by atoms with Crippen molar-refractivity contribution in [2.75, 3.05) is 17.2 Å². The molecule has 3 heteroatoms. The van der Waals surface area contributed by atoms with Crippen LogP contribution in [0.4, 0.5) is 11.4 Å². The monoisotopic (exact) mass is 229 g/mol.